The third-order valence-corrected chi connectivity index (χ3v) is 4.54. The van der Waals surface area contributed by atoms with Crippen molar-refractivity contribution in [2.45, 2.75) is 6.42 Å². The summed E-state index contributed by atoms with van der Waals surface area (Å²) in [4.78, 5) is 33.8. The van der Waals surface area contributed by atoms with Crippen LogP contribution in [0.25, 0.3) is 11.3 Å². The summed E-state index contributed by atoms with van der Waals surface area (Å²) in [5.41, 5.74) is 4.38. The zero-order valence-electron chi connectivity index (χ0n) is 14.3. The molecule has 130 valence electrons. The molecule has 0 fully saturated rings. The van der Waals surface area contributed by atoms with Gasteiger partial charge in [0.15, 0.2) is 0 Å². The molecule has 2 N–H and O–H groups in total. The van der Waals surface area contributed by atoms with Gasteiger partial charge in [-0.05, 0) is 30.3 Å². The Morgan fingerprint density at radius 1 is 1.15 bits per heavy atom. The van der Waals surface area contributed by atoms with E-state index in [1.165, 1.54) is 0 Å². The summed E-state index contributed by atoms with van der Waals surface area (Å²) in [6, 6.07) is 14.8. The number of aromatic amines is 1. The van der Waals surface area contributed by atoms with Gasteiger partial charge in [-0.15, -0.1) is 0 Å². The number of carbonyl (C=O) groups excluding carboxylic acids is 2. The molecule has 0 bridgehead atoms. The van der Waals surface area contributed by atoms with E-state index in [9.17, 15) is 9.59 Å². The van der Waals surface area contributed by atoms with Crippen LogP contribution < -0.4 is 10.2 Å². The predicted octanol–water partition coefficient (Wildman–Crippen LogP) is 2.64. The summed E-state index contributed by atoms with van der Waals surface area (Å²) in [6.45, 7) is 0.633. The van der Waals surface area contributed by atoms with Crippen molar-refractivity contribution in [1.29, 1.82) is 0 Å². The second-order valence-corrected chi connectivity index (χ2v) is 6.21. The van der Waals surface area contributed by atoms with Crippen molar-refractivity contribution in [1.82, 2.24) is 15.3 Å². The third-order valence-electron chi connectivity index (χ3n) is 4.54. The number of benzene rings is 1. The fourth-order valence-electron chi connectivity index (χ4n) is 3.10. The Bertz CT molecular complexity index is 978. The monoisotopic (exact) mass is 346 g/mol. The van der Waals surface area contributed by atoms with E-state index >= 15 is 0 Å². The number of pyridine rings is 1. The molecule has 0 radical (unpaired) electrons. The number of rotatable bonds is 3. The second-order valence-electron chi connectivity index (χ2n) is 6.21. The van der Waals surface area contributed by atoms with Gasteiger partial charge in [0.05, 0.1) is 5.56 Å². The fraction of sp³-hybridized carbons (Fsp3) is 0.150. The van der Waals surface area contributed by atoms with Crippen LogP contribution in [0, 0.1) is 0 Å². The van der Waals surface area contributed by atoms with Crippen molar-refractivity contribution in [3.8, 4) is 11.3 Å². The maximum Gasteiger partial charge on any atom is 0.276 e. The van der Waals surface area contributed by atoms with Crippen LogP contribution in [0.1, 0.15) is 26.5 Å². The lowest BCUT2D eigenvalue weighted by atomic mass is 10.1. The number of H-pyrrole nitrogens is 1. The Balaban J connectivity index is 1.65. The first-order valence-corrected chi connectivity index (χ1v) is 8.43. The van der Waals surface area contributed by atoms with Gasteiger partial charge < -0.3 is 15.2 Å². The lowest BCUT2D eigenvalue weighted by molar-refractivity contribution is 0.0944. The summed E-state index contributed by atoms with van der Waals surface area (Å²) < 4.78 is 0. The molecule has 0 saturated heterocycles. The number of hydrogen-bond donors (Lipinski definition) is 2. The van der Waals surface area contributed by atoms with Crippen LogP contribution in [0.2, 0.25) is 0 Å². The normalized spacial score (nSPS) is 13.0. The molecule has 0 aliphatic carbocycles. The molecule has 1 aromatic carbocycles. The van der Waals surface area contributed by atoms with Crippen molar-refractivity contribution in [2.24, 2.45) is 0 Å². The number of anilines is 1. The predicted molar refractivity (Wildman–Crippen MR) is 99.2 cm³/mol. The standard InChI is InChI=1S/C20H18N4O2/c1-24(14-5-3-2-4-6-14)20(26)18-11-13(7-9-21-18)17-12-15-16(23-17)8-10-22-19(15)25/h2-7,9,11-12,23H,8,10H2,1H3,(H,22,25). The zero-order valence-corrected chi connectivity index (χ0v) is 14.3. The molecule has 3 heterocycles. The van der Waals surface area contributed by atoms with Crippen LogP contribution in [0.4, 0.5) is 5.69 Å². The van der Waals surface area contributed by atoms with E-state index in [0.717, 1.165) is 29.1 Å². The van der Waals surface area contributed by atoms with E-state index in [4.69, 9.17) is 0 Å². The molecule has 0 spiro atoms. The van der Waals surface area contributed by atoms with Crippen LogP contribution in [-0.2, 0) is 6.42 Å². The molecule has 1 aliphatic rings. The van der Waals surface area contributed by atoms with E-state index in [2.05, 4.69) is 15.3 Å². The molecule has 0 saturated carbocycles. The molecule has 4 rings (SSSR count). The minimum atomic E-state index is -0.188. The van der Waals surface area contributed by atoms with E-state index in [0.29, 0.717) is 17.8 Å². The van der Waals surface area contributed by atoms with Crippen LogP contribution in [0.5, 0.6) is 0 Å². The van der Waals surface area contributed by atoms with Crippen LogP contribution in [0.15, 0.2) is 54.7 Å². The average molecular weight is 346 g/mol. The number of nitrogens with zero attached hydrogens (tertiary/aromatic N) is 2. The number of amides is 2. The lowest BCUT2D eigenvalue weighted by Gasteiger charge is -2.16. The first-order valence-electron chi connectivity index (χ1n) is 8.43. The number of nitrogens with one attached hydrogen (secondary N) is 2. The van der Waals surface area contributed by atoms with Gasteiger partial charge in [-0.25, -0.2) is 0 Å². The maximum absolute atomic E-state index is 12.8. The van der Waals surface area contributed by atoms with E-state index in [1.54, 1.807) is 24.2 Å². The lowest BCUT2D eigenvalue weighted by Crippen LogP contribution is -2.31. The molecule has 26 heavy (non-hydrogen) atoms. The van der Waals surface area contributed by atoms with Gasteiger partial charge >= 0.3 is 0 Å². The largest absolute Gasteiger partial charge is 0.358 e. The number of carbonyl (C=O) groups is 2. The first kappa shape index (κ1) is 16.1. The van der Waals surface area contributed by atoms with Crippen molar-refractivity contribution in [3.63, 3.8) is 0 Å². The molecule has 6 heteroatoms. The Morgan fingerprint density at radius 3 is 2.73 bits per heavy atom. The highest BCUT2D eigenvalue weighted by Crippen LogP contribution is 2.25. The number of para-hydroxylation sites is 1. The summed E-state index contributed by atoms with van der Waals surface area (Å²) in [5, 5.41) is 2.83. The molecule has 2 aromatic heterocycles. The number of hydrogen-bond acceptors (Lipinski definition) is 3. The van der Waals surface area contributed by atoms with E-state index in [-0.39, 0.29) is 11.8 Å². The highest BCUT2D eigenvalue weighted by Gasteiger charge is 2.21. The van der Waals surface area contributed by atoms with Crippen molar-refractivity contribution in [2.75, 3.05) is 18.5 Å². The van der Waals surface area contributed by atoms with Crippen LogP contribution in [0.3, 0.4) is 0 Å². The van der Waals surface area contributed by atoms with Gasteiger partial charge in [-0.3, -0.25) is 14.6 Å². The SMILES string of the molecule is CN(C(=O)c1cc(-c2cc3c([nH]2)CCNC3=O)ccn1)c1ccccc1. The summed E-state index contributed by atoms with van der Waals surface area (Å²) >= 11 is 0. The van der Waals surface area contributed by atoms with E-state index in [1.807, 2.05) is 42.5 Å². The fourth-order valence-corrected chi connectivity index (χ4v) is 3.10. The zero-order chi connectivity index (χ0) is 18.1. The smallest absolute Gasteiger partial charge is 0.276 e. The van der Waals surface area contributed by atoms with Crippen molar-refractivity contribution >= 4 is 17.5 Å². The van der Waals surface area contributed by atoms with Gasteiger partial charge in [0.2, 0.25) is 0 Å². The van der Waals surface area contributed by atoms with Gasteiger partial charge in [0.1, 0.15) is 5.69 Å². The first-order chi connectivity index (χ1) is 12.6. The summed E-state index contributed by atoms with van der Waals surface area (Å²) in [5.74, 6) is -0.255. The highest BCUT2D eigenvalue weighted by atomic mass is 16.2. The third kappa shape index (κ3) is 2.86. The molecule has 3 aromatic rings. The summed E-state index contributed by atoms with van der Waals surface area (Å²) in [7, 11) is 1.73. The van der Waals surface area contributed by atoms with Crippen molar-refractivity contribution in [3.05, 3.63) is 71.7 Å². The molecule has 6 nitrogen and oxygen atoms in total. The highest BCUT2D eigenvalue weighted by molar-refractivity contribution is 6.05. The quantitative estimate of drug-likeness (QED) is 0.765. The molecule has 0 unspecified atom stereocenters. The molecular weight excluding hydrogens is 328 g/mol. The molecule has 2 amide bonds. The summed E-state index contributed by atoms with van der Waals surface area (Å²) in [6.07, 6.45) is 2.38. The van der Waals surface area contributed by atoms with Gasteiger partial charge in [-0.2, -0.15) is 0 Å². The van der Waals surface area contributed by atoms with Gasteiger partial charge in [-0.1, -0.05) is 18.2 Å². The van der Waals surface area contributed by atoms with Gasteiger partial charge in [0, 0.05) is 48.8 Å². The molecule has 0 atom stereocenters. The topological polar surface area (TPSA) is 78.1 Å². The Morgan fingerprint density at radius 2 is 1.96 bits per heavy atom. The Labute approximate surface area is 150 Å². The second kappa shape index (κ2) is 6.48. The van der Waals surface area contributed by atoms with Crippen molar-refractivity contribution < 1.29 is 9.59 Å². The number of aromatic nitrogens is 2. The average Bonchev–Trinajstić information content (AvgIpc) is 3.13. The molecular formula is C20H18N4O2. The minimum absolute atomic E-state index is 0.0667. The maximum atomic E-state index is 12.8. The van der Waals surface area contributed by atoms with Gasteiger partial charge in [0.25, 0.3) is 11.8 Å². The van der Waals surface area contributed by atoms with E-state index < -0.39 is 0 Å². The minimum Gasteiger partial charge on any atom is -0.358 e. The Hall–Kier alpha value is -3.41. The van der Waals surface area contributed by atoms with Crippen LogP contribution >= 0.6 is 0 Å². The number of fused-ring (bicyclic) bond motifs is 1. The molecule has 1 aliphatic heterocycles. The Kier molecular flexibility index (Phi) is 4.01. The van der Waals surface area contributed by atoms with Crippen LogP contribution in [-0.4, -0.2) is 35.4 Å².